The molecule has 1 aromatic carbocycles. The SMILES string of the molecule is NC(=O)c1ccc2oc(CBr)nc2c1. The van der Waals surface area contributed by atoms with Crippen LogP contribution in [0.2, 0.25) is 0 Å². The number of primary amides is 1. The van der Waals surface area contributed by atoms with Crippen molar-refractivity contribution in [3.8, 4) is 0 Å². The predicted molar refractivity (Wildman–Crippen MR) is 55.2 cm³/mol. The lowest BCUT2D eigenvalue weighted by Crippen LogP contribution is -2.10. The largest absolute Gasteiger partial charge is 0.440 e. The summed E-state index contributed by atoms with van der Waals surface area (Å²) < 4.78 is 5.34. The van der Waals surface area contributed by atoms with E-state index in [1.165, 1.54) is 0 Å². The number of carbonyl (C=O) groups is 1. The molecule has 2 rings (SSSR count). The zero-order valence-corrected chi connectivity index (χ0v) is 8.74. The molecule has 0 bridgehead atoms. The molecule has 72 valence electrons. The fraction of sp³-hybridized carbons (Fsp3) is 0.111. The van der Waals surface area contributed by atoms with E-state index in [1.54, 1.807) is 18.2 Å². The van der Waals surface area contributed by atoms with Gasteiger partial charge in [0.15, 0.2) is 5.58 Å². The molecule has 1 heterocycles. The number of aromatic nitrogens is 1. The number of hydrogen-bond acceptors (Lipinski definition) is 3. The first-order chi connectivity index (χ1) is 6.70. The summed E-state index contributed by atoms with van der Waals surface area (Å²) in [6.07, 6.45) is 0. The van der Waals surface area contributed by atoms with Crippen LogP contribution in [-0.2, 0) is 5.33 Å². The van der Waals surface area contributed by atoms with Crippen LogP contribution in [0.1, 0.15) is 16.2 Å². The third kappa shape index (κ3) is 1.50. The van der Waals surface area contributed by atoms with Crippen LogP contribution in [0.5, 0.6) is 0 Å². The summed E-state index contributed by atoms with van der Waals surface area (Å²) in [6, 6.07) is 4.93. The van der Waals surface area contributed by atoms with Gasteiger partial charge in [-0.25, -0.2) is 4.98 Å². The van der Waals surface area contributed by atoms with Crippen LogP contribution in [0.15, 0.2) is 22.6 Å². The molecule has 14 heavy (non-hydrogen) atoms. The van der Waals surface area contributed by atoms with Gasteiger partial charge in [-0.1, -0.05) is 15.9 Å². The van der Waals surface area contributed by atoms with Crippen molar-refractivity contribution in [2.75, 3.05) is 0 Å². The fourth-order valence-electron chi connectivity index (χ4n) is 1.19. The lowest BCUT2D eigenvalue weighted by atomic mass is 10.2. The third-order valence-corrected chi connectivity index (χ3v) is 2.31. The molecule has 2 aromatic rings. The standard InChI is InChI=1S/C9H7BrN2O2/c10-4-8-12-6-3-5(9(11)13)1-2-7(6)14-8/h1-3H,4H2,(H2,11,13). The molecule has 0 aliphatic rings. The van der Waals surface area contributed by atoms with Crippen LogP contribution in [0.25, 0.3) is 11.1 Å². The van der Waals surface area contributed by atoms with Gasteiger partial charge in [-0.3, -0.25) is 4.79 Å². The number of nitrogens with zero attached hydrogens (tertiary/aromatic N) is 1. The van der Waals surface area contributed by atoms with Gasteiger partial charge in [0.2, 0.25) is 11.8 Å². The fourth-order valence-corrected chi connectivity index (χ4v) is 1.43. The summed E-state index contributed by atoms with van der Waals surface area (Å²) >= 11 is 3.24. The number of benzene rings is 1. The molecule has 0 fully saturated rings. The molecule has 1 aromatic heterocycles. The summed E-state index contributed by atoms with van der Waals surface area (Å²) in [6.45, 7) is 0. The van der Waals surface area contributed by atoms with Crippen LogP contribution < -0.4 is 5.73 Å². The van der Waals surface area contributed by atoms with Crippen molar-refractivity contribution in [3.05, 3.63) is 29.7 Å². The highest BCUT2D eigenvalue weighted by Crippen LogP contribution is 2.18. The van der Waals surface area contributed by atoms with Gasteiger partial charge in [0.1, 0.15) is 5.52 Å². The molecule has 0 radical (unpaired) electrons. The van der Waals surface area contributed by atoms with Crippen molar-refractivity contribution < 1.29 is 9.21 Å². The Kier molecular flexibility index (Phi) is 2.25. The second-order valence-electron chi connectivity index (χ2n) is 2.79. The zero-order valence-electron chi connectivity index (χ0n) is 7.16. The molecule has 0 saturated carbocycles. The van der Waals surface area contributed by atoms with Gasteiger partial charge in [0.25, 0.3) is 0 Å². The first kappa shape index (κ1) is 9.21. The minimum absolute atomic E-state index is 0.437. The third-order valence-electron chi connectivity index (χ3n) is 1.83. The summed E-state index contributed by atoms with van der Waals surface area (Å²) in [4.78, 5) is 15.0. The van der Waals surface area contributed by atoms with Gasteiger partial charge in [0, 0.05) is 5.56 Å². The van der Waals surface area contributed by atoms with E-state index >= 15 is 0 Å². The topological polar surface area (TPSA) is 69.1 Å². The number of oxazole rings is 1. The van der Waals surface area contributed by atoms with E-state index in [2.05, 4.69) is 20.9 Å². The Hall–Kier alpha value is -1.36. The van der Waals surface area contributed by atoms with Gasteiger partial charge in [-0.2, -0.15) is 0 Å². The molecule has 0 atom stereocenters. The Labute approximate surface area is 88.2 Å². The Morgan fingerprint density at radius 3 is 3.00 bits per heavy atom. The van der Waals surface area contributed by atoms with Crippen molar-refractivity contribution in [2.24, 2.45) is 5.73 Å². The van der Waals surface area contributed by atoms with E-state index in [4.69, 9.17) is 10.2 Å². The van der Waals surface area contributed by atoms with Crippen LogP contribution in [0.3, 0.4) is 0 Å². The van der Waals surface area contributed by atoms with Gasteiger partial charge >= 0.3 is 0 Å². The zero-order chi connectivity index (χ0) is 10.1. The van der Waals surface area contributed by atoms with Crippen molar-refractivity contribution in [1.29, 1.82) is 0 Å². The summed E-state index contributed by atoms with van der Waals surface area (Å²) in [5.74, 6) is 0.122. The minimum atomic E-state index is -0.463. The van der Waals surface area contributed by atoms with E-state index in [-0.39, 0.29) is 0 Å². The van der Waals surface area contributed by atoms with Gasteiger partial charge in [0.05, 0.1) is 5.33 Å². The van der Waals surface area contributed by atoms with Crippen molar-refractivity contribution >= 4 is 32.9 Å². The second-order valence-corrected chi connectivity index (χ2v) is 3.35. The molecule has 0 unspecified atom stereocenters. The van der Waals surface area contributed by atoms with E-state index in [1.807, 2.05) is 0 Å². The average molecular weight is 255 g/mol. The Bertz CT molecular complexity index is 493. The van der Waals surface area contributed by atoms with Gasteiger partial charge in [-0.05, 0) is 18.2 Å². The monoisotopic (exact) mass is 254 g/mol. The second kappa shape index (κ2) is 3.42. The van der Waals surface area contributed by atoms with Crippen LogP contribution in [0, 0.1) is 0 Å². The number of halogens is 1. The number of carbonyl (C=O) groups excluding carboxylic acids is 1. The molecule has 0 aliphatic heterocycles. The highest BCUT2D eigenvalue weighted by atomic mass is 79.9. The molecule has 0 spiro atoms. The number of nitrogens with two attached hydrogens (primary N) is 1. The maximum Gasteiger partial charge on any atom is 0.248 e. The number of rotatable bonds is 2. The van der Waals surface area contributed by atoms with Gasteiger partial charge < -0.3 is 10.2 Å². The summed E-state index contributed by atoms with van der Waals surface area (Å²) in [5.41, 5.74) is 6.88. The lowest BCUT2D eigenvalue weighted by Gasteiger charge is -1.92. The summed E-state index contributed by atoms with van der Waals surface area (Å²) in [5, 5.41) is 0.549. The molecule has 2 N–H and O–H groups in total. The Balaban J connectivity index is 2.59. The van der Waals surface area contributed by atoms with Gasteiger partial charge in [-0.15, -0.1) is 0 Å². The minimum Gasteiger partial charge on any atom is -0.440 e. The van der Waals surface area contributed by atoms with E-state index in [0.29, 0.717) is 27.9 Å². The van der Waals surface area contributed by atoms with E-state index in [9.17, 15) is 4.79 Å². The van der Waals surface area contributed by atoms with E-state index in [0.717, 1.165) is 0 Å². The molecule has 5 heteroatoms. The molecule has 4 nitrogen and oxygen atoms in total. The van der Waals surface area contributed by atoms with Crippen LogP contribution >= 0.6 is 15.9 Å². The van der Waals surface area contributed by atoms with E-state index < -0.39 is 5.91 Å². The average Bonchev–Trinajstić information content (AvgIpc) is 2.58. The maximum absolute atomic E-state index is 10.9. The lowest BCUT2D eigenvalue weighted by molar-refractivity contribution is 0.100. The van der Waals surface area contributed by atoms with Crippen LogP contribution in [-0.4, -0.2) is 10.9 Å². The molecule has 0 aliphatic carbocycles. The molecule has 1 amide bonds. The first-order valence-corrected chi connectivity index (χ1v) is 5.08. The first-order valence-electron chi connectivity index (χ1n) is 3.96. The number of alkyl halides is 1. The predicted octanol–water partition coefficient (Wildman–Crippen LogP) is 1.82. The molecule has 0 saturated heterocycles. The normalized spacial score (nSPS) is 10.6. The quantitative estimate of drug-likeness (QED) is 0.832. The maximum atomic E-state index is 10.9. The van der Waals surface area contributed by atoms with Crippen molar-refractivity contribution in [3.63, 3.8) is 0 Å². The molecular weight excluding hydrogens is 248 g/mol. The number of amides is 1. The molecular formula is C9H7BrN2O2. The highest BCUT2D eigenvalue weighted by Gasteiger charge is 2.07. The Morgan fingerprint density at radius 2 is 2.36 bits per heavy atom. The van der Waals surface area contributed by atoms with Crippen molar-refractivity contribution in [1.82, 2.24) is 4.98 Å². The van der Waals surface area contributed by atoms with Crippen LogP contribution in [0.4, 0.5) is 0 Å². The highest BCUT2D eigenvalue weighted by molar-refractivity contribution is 9.08. The number of hydrogen-bond donors (Lipinski definition) is 1. The summed E-state index contributed by atoms with van der Waals surface area (Å²) in [7, 11) is 0. The number of fused-ring (bicyclic) bond motifs is 1. The Morgan fingerprint density at radius 1 is 1.57 bits per heavy atom. The smallest absolute Gasteiger partial charge is 0.248 e. The van der Waals surface area contributed by atoms with Crippen molar-refractivity contribution in [2.45, 2.75) is 5.33 Å².